The molecular formula is C34H31ClN2O7S2. The average molecular weight is 679 g/mol. The van der Waals surface area contributed by atoms with E-state index in [4.69, 9.17) is 25.8 Å². The molecule has 3 aromatic carbocycles. The lowest BCUT2D eigenvalue weighted by Gasteiger charge is -2.25. The first kappa shape index (κ1) is 33.1. The number of benzene rings is 3. The molecule has 0 bridgehead atoms. The molecule has 0 amide bonds. The number of rotatable bonds is 10. The number of methoxy groups -OCH3 is 1. The van der Waals surface area contributed by atoms with E-state index < -0.39 is 18.0 Å². The molecule has 0 spiro atoms. The molecule has 0 unspecified atom stereocenters. The highest BCUT2D eigenvalue weighted by molar-refractivity contribution is 7.98. The summed E-state index contributed by atoms with van der Waals surface area (Å²) in [6, 6.07) is 16.8. The number of carbonyl (C=O) groups excluding carboxylic acids is 1. The standard InChI is InChI=1S/C34H31ClN2O7S2/c1-18(2)44-33(41)28-19(3)36-34-37(29(28)22-9-11-24(45-5)12-10-22)31(38)27(46-34)16-21-14-25(35)30(26(15-21)42-4)43-17-20-7-6-8-23(13-20)32(39)40/h6-16,18,29H,17H2,1-5H3,(H,39,40)/b27-16+/t29-/m0/s1. The number of carbonyl (C=O) groups is 2. The van der Waals surface area contributed by atoms with Gasteiger partial charge in [0.25, 0.3) is 5.56 Å². The van der Waals surface area contributed by atoms with Crippen LogP contribution < -0.4 is 24.4 Å². The van der Waals surface area contributed by atoms with E-state index in [1.54, 1.807) is 62.9 Å². The molecular weight excluding hydrogens is 648 g/mol. The molecule has 1 aliphatic rings. The minimum Gasteiger partial charge on any atom is -0.493 e. The van der Waals surface area contributed by atoms with Crippen LogP contribution in [0.15, 0.2) is 86.6 Å². The second-order valence-electron chi connectivity index (χ2n) is 10.6. The Morgan fingerprint density at radius 3 is 2.54 bits per heavy atom. The minimum absolute atomic E-state index is 0.0635. The summed E-state index contributed by atoms with van der Waals surface area (Å²) in [5, 5.41) is 9.53. The molecule has 1 N–H and O–H groups in total. The van der Waals surface area contributed by atoms with Gasteiger partial charge in [0.15, 0.2) is 16.3 Å². The molecule has 0 saturated heterocycles. The lowest BCUT2D eigenvalue weighted by Crippen LogP contribution is -2.40. The summed E-state index contributed by atoms with van der Waals surface area (Å²) in [5.74, 6) is -0.941. The second-order valence-corrected chi connectivity index (χ2v) is 12.9. The third kappa shape index (κ3) is 6.91. The predicted molar refractivity (Wildman–Crippen MR) is 179 cm³/mol. The number of fused-ring (bicyclic) bond motifs is 1. The number of thiazole rings is 1. The van der Waals surface area contributed by atoms with Crippen LogP contribution in [0.2, 0.25) is 5.02 Å². The van der Waals surface area contributed by atoms with Crippen molar-refractivity contribution in [3.63, 3.8) is 0 Å². The zero-order valence-corrected chi connectivity index (χ0v) is 28.1. The molecule has 9 nitrogen and oxygen atoms in total. The molecule has 1 aromatic heterocycles. The van der Waals surface area contributed by atoms with Gasteiger partial charge in [-0.2, -0.15) is 0 Å². The number of esters is 1. The summed E-state index contributed by atoms with van der Waals surface area (Å²) in [6.45, 7) is 5.36. The zero-order chi connectivity index (χ0) is 33.1. The van der Waals surface area contributed by atoms with E-state index in [-0.39, 0.29) is 34.6 Å². The van der Waals surface area contributed by atoms with Gasteiger partial charge >= 0.3 is 11.9 Å². The molecule has 46 heavy (non-hydrogen) atoms. The highest BCUT2D eigenvalue weighted by Crippen LogP contribution is 2.37. The Hall–Kier alpha value is -4.32. The van der Waals surface area contributed by atoms with Gasteiger partial charge in [-0.1, -0.05) is 47.2 Å². The van der Waals surface area contributed by atoms with E-state index in [1.165, 1.54) is 35.1 Å². The molecule has 4 aromatic rings. The number of thioether (sulfide) groups is 1. The van der Waals surface area contributed by atoms with E-state index in [0.717, 1.165) is 10.5 Å². The average Bonchev–Trinajstić information content (AvgIpc) is 3.32. The van der Waals surface area contributed by atoms with Crippen LogP contribution in [-0.2, 0) is 16.1 Å². The Morgan fingerprint density at radius 2 is 1.89 bits per heavy atom. The van der Waals surface area contributed by atoms with Gasteiger partial charge in [-0.3, -0.25) is 9.36 Å². The highest BCUT2D eigenvalue weighted by atomic mass is 35.5. The third-order valence-corrected chi connectivity index (χ3v) is 9.13. The van der Waals surface area contributed by atoms with Crippen LogP contribution in [0.1, 0.15) is 53.9 Å². The first-order chi connectivity index (χ1) is 22.0. The fraction of sp³-hybridized carbons (Fsp3) is 0.235. The topological polar surface area (TPSA) is 116 Å². The Balaban J connectivity index is 1.55. The summed E-state index contributed by atoms with van der Waals surface area (Å²) < 4.78 is 19.0. The van der Waals surface area contributed by atoms with Gasteiger partial charge in [0, 0.05) is 4.90 Å². The number of ether oxygens (including phenoxy) is 3. The predicted octanol–water partition coefficient (Wildman–Crippen LogP) is 5.85. The number of aromatic nitrogens is 1. The Bertz CT molecular complexity index is 2030. The van der Waals surface area contributed by atoms with Crippen molar-refractivity contribution in [1.29, 1.82) is 0 Å². The van der Waals surface area contributed by atoms with E-state index in [9.17, 15) is 19.5 Å². The molecule has 12 heteroatoms. The van der Waals surface area contributed by atoms with Crippen LogP contribution in [0.4, 0.5) is 0 Å². The van der Waals surface area contributed by atoms with Crippen LogP contribution in [0, 0.1) is 0 Å². The summed E-state index contributed by atoms with van der Waals surface area (Å²) >= 11 is 9.43. The number of carboxylic acids is 1. The molecule has 5 rings (SSSR count). The third-order valence-electron chi connectivity index (χ3n) is 7.12. The largest absolute Gasteiger partial charge is 0.493 e. The highest BCUT2D eigenvalue weighted by Gasteiger charge is 2.33. The maximum absolute atomic E-state index is 14.0. The zero-order valence-electron chi connectivity index (χ0n) is 25.7. The Kier molecular flexibility index (Phi) is 10.0. The SMILES string of the molecule is COc1cc(/C=c2/sc3n(c2=O)[C@@H](c2ccc(SC)cc2)C(C(=O)OC(C)C)=C(C)N=3)cc(Cl)c1OCc1cccc(C(=O)O)c1. The molecule has 2 heterocycles. The summed E-state index contributed by atoms with van der Waals surface area (Å²) in [6.07, 6.45) is 3.32. The first-order valence-electron chi connectivity index (χ1n) is 14.2. The molecule has 0 fully saturated rings. The normalized spacial score (nSPS) is 14.6. The molecule has 1 atom stereocenters. The minimum atomic E-state index is -1.03. The van der Waals surface area contributed by atoms with Gasteiger partial charge < -0.3 is 19.3 Å². The number of hydrogen-bond donors (Lipinski definition) is 1. The van der Waals surface area contributed by atoms with Crippen molar-refractivity contribution < 1.29 is 28.9 Å². The maximum atomic E-state index is 14.0. The molecule has 1 aliphatic heterocycles. The second kappa shape index (κ2) is 14.0. The Morgan fingerprint density at radius 1 is 1.15 bits per heavy atom. The number of allylic oxidation sites excluding steroid dienone is 1. The van der Waals surface area contributed by atoms with E-state index in [0.29, 0.717) is 37.5 Å². The number of halogens is 1. The quantitative estimate of drug-likeness (QED) is 0.164. The van der Waals surface area contributed by atoms with Crippen molar-refractivity contribution in [1.82, 2.24) is 4.57 Å². The summed E-state index contributed by atoms with van der Waals surface area (Å²) in [7, 11) is 1.48. The molecule has 0 aliphatic carbocycles. The maximum Gasteiger partial charge on any atom is 0.338 e. The van der Waals surface area contributed by atoms with Gasteiger partial charge in [-0.15, -0.1) is 11.8 Å². The van der Waals surface area contributed by atoms with Crippen LogP contribution >= 0.6 is 34.7 Å². The van der Waals surface area contributed by atoms with Crippen molar-refractivity contribution in [2.24, 2.45) is 4.99 Å². The van der Waals surface area contributed by atoms with Crippen LogP contribution in [0.5, 0.6) is 11.5 Å². The van der Waals surface area contributed by atoms with Gasteiger partial charge in [0.1, 0.15) is 6.61 Å². The molecule has 0 saturated carbocycles. The monoisotopic (exact) mass is 678 g/mol. The van der Waals surface area contributed by atoms with Gasteiger partial charge in [0.2, 0.25) is 0 Å². The fourth-order valence-electron chi connectivity index (χ4n) is 5.03. The van der Waals surface area contributed by atoms with Gasteiger partial charge in [0.05, 0.1) is 45.6 Å². The lowest BCUT2D eigenvalue weighted by atomic mass is 9.96. The van der Waals surface area contributed by atoms with E-state index in [2.05, 4.69) is 4.99 Å². The number of carboxylic acid groups (broad SMARTS) is 1. The van der Waals surface area contributed by atoms with Crippen LogP contribution in [0.25, 0.3) is 6.08 Å². The summed E-state index contributed by atoms with van der Waals surface area (Å²) in [5.41, 5.74) is 2.61. The molecule has 238 valence electrons. The smallest absolute Gasteiger partial charge is 0.338 e. The number of nitrogens with zero attached hydrogens (tertiary/aromatic N) is 2. The first-order valence-corrected chi connectivity index (χ1v) is 16.6. The van der Waals surface area contributed by atoms with Crippen molar-refractivity contribution >= 4 is 52.7 Å². The van der Waals surface area contributed by atoms with Gasteiger partial charge in [-0.05, 0) is 86.2 Å². The van der Waals surface area contributed by atoms with E-state index >= 15 is 0 Å². The van der Waals surface area contributed by atoms with Crippen molar-refractivity contribution in [3.8, 4) is 11.5 Å². The number of aromatic carboxylic acids is 1. The fourth-order valence-corrected chi connectivity index (χ4v) is 6.75. The molecule has 0 radical (unpaired) electrons. The van der Waals surface area contributed by atoms with Crippen LogP contribution in [-0.4, -0.2) is 41.1 Å². The summed E-state index contributed by atoms with van der Waals surface area (Å²) in [4.78, 5) is 44.9. The van der Waals surface area contributed by atoms with Crippen molar-refractivity contribution in [3.05, 3.63) is 119 Å². The Labute approximate surface area is 278 Å². The van der Waals surface area contributed by atoms with Crippen LogP contribution in [0.3, 0.4) is 0 Å². The number of hydrogen-bond acceptors (Lipinski definition) is 9. The lowest BCUT2D eigenvalue weighted by molar-refractivity contribution is -0.143. The van der Waals surface area contributed by atoms with Crippen molar-refractivity contribution in [2.75, 3.05) is 13.4 Å². The van der Waals surface area contributed by atoms with Gasteiger partial charge in [-0.25, -0.2) is 14.6 Å². The van der Waals surface area contributed by atoms with E-state index in [1.807, 2.05) is 30.5 Å². The van der Waals surface area contributed by atoms with Crippen molar-refractivity contribution in [2.45, 2.75) is 44.4 Å².